The molecular weight excluding hydrogens is 599 g/mol. The minimum absolute atomic E-state index is 0.0341. The molecule has 1 aliphatic rings. The van der Waals surface area contributed by atoms with E-state index in [0.717, 1.165) is 25.8 Å². The zero-order chi connectivity index (χ0) is 26.8. The number of rotatable bonds is 12. The molecule has 3 aromatic rings. The van der Waals surface area contributed by atoms with E-state index in [1.165, 1.54) is 0 Å². The molecule has 14 heteroatoms. The molecule has 202 valence electrons. The number of unbranched alkanes of at least 4 members (excludes halogenated alkanes) is 2. The average Bonchev–Trinajstić information content (AvgIpc) is 3.30. The summed E-state index contributed by atoms with van der Waals surface area (Å²) in [6.07, 6.45) is 2.52. The number of aromatic nitrogens is 1. The summed E-state index contributed by atoms with van der Waals surface area (Å²) in [6, 6.07) is 11.5. The van der Waals surface area contributed by atoms with Crippen molar-refractivity contribution >= 4 is 82.4 Å². The molecule has 1 atom stereocenters. The molecule has 4 rings (SSSR count). The predicted molar refractivity (Wildman–Crippen MR) is 150 cm³/mol. The summed E-state index contributed by atoms with van der Waals surface area (Å²) in [7, 11) is -8.01. The SMILES string of the molecule is O=S(=O)(O)CCCCN1c2cc(Cl)ccc2SC1Cc1sc2ccc(Cl)cc2[n+]1CCCCS(=O)(=O)O. The van der Waals surface area contributed by atoms with Gasteiger partial charge in [0.15, 0.2) is 0 Å². The number of thiazole rings is 1. The van der Waals surface area contributed by atoms with Crippen LogP contribution in [0.4, 0.5) is 5.69 Å². The van der Waals surface area contributed by atoms with Crippen LogP contribution in [-0.4, -0.2) is 49.4 Å². The Balaban J connectivity index is 1.58. The second-order valence-electron chi connectivity index (χ2n) is 8.83. The van der Waals surface area contributed by atoms with Gasteiger partial charge in [0.05, 0.1) is 29.0 Å². The summed E-state index contributed by atoms with van der Waals surface area (Å²) in [6.45, 7) is 1.18. The van der Waals surface area contributed by atoms with Gasteiger partial charge in [-0.25, -0.2) is 0 Å². The Hall–Kier alpha value is -1.12. The predicted octanol–water partition coefficient (Wildman–Crippen LogP) is 5.31. The molecule has 1 aromatic heterocycles. The fourth-order valence-electron chi connectivity index (χ4n) is 4.37. The lowest BCUT2D eigenvalue weighted by Gasteiger charge is -2.25. The first-order chi connectivity index (χ1) is 17.4. The van der Waals surface area contributed by atoms with Crippen molar-refractivity contribution in [3.05, 3.63) is 51.5 Å². The molecule has 0 amide bonds. The lowest BCUT2D eigenvalue weighted by atomic mass is 10.2. The van der Waals surface area contributed by atoms with Crippen LogP contribution in [0.5, 0.6) is 0 Å². The highest BCUT2D eigenvalue weighted by Gasteiger charge is 2.34. The first-order valence-corrected chi connectivity index (χ1v) is 17.3. The van der Waals surface area contributed by atoms with Crippen molar-refractivity contribution in [3.63, 3.8) is 0 Å². The van der Waals surface area contributed by atoms with E-state index in [4.69, 9.17) is 32.3 Å². The molecule has 0 radical (unpaired) electrons. The Labute approximate surface area is 235 Å². The Kier molecular flexibility index (Phi) is 9.33. The lowest BCUT2D eigenvalue weighted by molar-refractivity contribution is -0.674. The maximum absolute atomic E-state index is 11.1. The quantitative estimate of drug-likeness (QED) is 0.158. The van der Waals surface area contributed by atoms with Crippen LogP contribution >= 0.6 is 46.3 Å². The zero-order valence-corrected chi connectivity index (χ0v) is 24.5. The molecule has 2 N–H and O–H groups in total. The monoisotopic (exact) mass is 625 g/mol. The first kappa shape index (κ1) is 28.9. The maximum Gasteiger partial charge on any atom is 0.264 e. The fraction of sp³-hybridized carbons (Fsp3) is 0.435. The maximum atomic E-state index is 11.1. The Bertz CT molecular complexity index is 1490. The normalized spacial score (nSPS) is 16.0. The Morgan fingerprint density at radius 2 is 1.54 bits per heavy atom. The summed E-state index contributed by atoms with van der Waals surface area (Å²) in [4.78, 5) is 3.32. The van der Waals surface area contributed by atoms with Crippen LogP contribution in [0.2, 0.25) is 10.0 Å². The van der Waals surface area contributed by atoms with Crippen LogP contribution in [0, 0.1) is 0 Å². The molecule has 2 heterocycles. The highest BCUT2D eigenvalue weighted by molar-refractivity contribution is 8.00. The summed E-state index contributed by atoms with van der Waals surface area (Å²) in [5.41, 5.74) is 1.97. The molecular formula is C23H27Cl2N2O6S4+. The molecule has 0 bridgehead atoms. The second kappa shape index (κ2) is 12.0. The molecule has 2 aromatic carbocycles. The number of fused-ring (bicyclic) bond motifs is 2. The van der Waals surface area contributed by atoms with Gasteiger partial charge in [-0.05, 0) is 49.6 Å². The van der Waals surface area contributed by atoms with E-state index >= 15 is 0 Å². The minimum Gasteiger partial charge on any atom is -0.358 e. The lowest BCUT2D eigenvalue weighted by Crippen LogP contribution is -2.40. The van der Waals surface area contributed by atoms with Crippen molar-refractivity contribution in [1.29, 1.82) is 0 Å². The van der Waals surface area contributed by atoms with E-state index in [1.807, 2.05) is 36.4 Å². The van der Waals surface area contributed by atoms with Crippen molar-refractivity contribution in [2.45, 2.75) is 48.9 Å². The number of nitrogens with zero attached hydrogens (tertiary/aromatic N) is 2. The van der Waals surface area contributed by atoms with Crippen molar-refractivity contribution in [2.24, 2.45) is 0 Å². The van der Waals surface area contributed by atoms with Gasteiger partial charge in [0.2, 0.25) is 10.5 Å². The van der Waals surface area contributed by atoms with Gasteiger partial charge in [0.1, 0.15) is 11.2 Å². The number of anilines is 1. The topological polar surface area (TPSA) is 116 Å². The van der Waals surface area contributed by atoms with Crippen LogP contribution in [0.15, 0.2) is 41.3 Å². The number of aryl methyl sites for hydroxylation is 1. The second-order valence-corrected chi connectivity index (χ2v) is 15.2. The highest BCUT2D eigenvalue weighted by Crippen LogP contribution is 2.46. The molecule has 0 saturated heterocycles. The molecule has 0 fully saturated rings. The third-order valence-electron chi connectivity index (χ3n) is 6.02. The van der Waals surface area contributed by atoms with Crippen LogP contribution in [0.1, 0.15) is 30.7 Å². The van der Waals surface area contributed by atoms with Crippen molar-refractivity contribution in [3.8, 4) is 0 Å². The van der Waals surface area contributed by atoms with Crippen LogP contribution in [0.3, 0.4) is 0 Å². The van der Waals surface area contributed by atoms with Gasteiger partial charge >= 0.3 is 0 Å². The summed E-state index contributed by atoms with van der Waals surface area (Å²) in [5, 5.41) is 2.37. The molecule has 37 heavy (non-hydrogen) atoms. The number of halogens is 2. The molecule has 8 nitrogen and oxygen atoms in total. The molecule has 1 unspecified atom stereocenters. The van der Waals surface area contributed by atoms with Gasteiger partial charge < -0.3 is 4.90 Å². The van der Waals surface area contributed by atoms with E-state index < -0.39 is 20.2 Å². The molecule has 0 spiro atoms. The van der Waals surface area contributed by atoms with E-state index in [0.29, 0.717) is 55.2 Å². The van der Waals surface area contributed by atoms with Crippen LogP contribution < -0.4 is 9.47 Å². The standard InChI is InChI=1S/C23H26Cl2N2O6S4/c24-16-5-7-20-18(13-16)26(9-1-3-11-36(28,29)30)22(34-20)15-23-27(10-2-4-12-37(31,32)33)19-14-17(25)6-8-21(19)35-23/h5-8,13-14,22H,1-4,9-12,15H2,(H-,28,29,30,31,32,33)/p+1. The van der Waals surface area contributed by atoms with E-state index in [1.54, 1.807) is 23.1 Å². The molecule has 0 aliphatic carbocycles. The van der Waals surface area contributed by atoms with Gasteiger partial charge in [-0.3, -0.25) is 9.11 Å². The Morgan fingerprint density at radius 3 is 2.24 bits per heavy atom. The van der Waals surface area contributed by atoms with E-state index in [9.17, 15) is 16.8 Å². The fourth-order valence-corrected chi connectivity index (χ4v) is 8.47. The molecule has 1 aliphatic heterocycles. The summed E-state index contributed by atoms with van der Waals surface area (Å²) < 4.78 is 66.0. The van der Waals surface area contributed by atoms with Gasteiger partial charge in [-0.1, -0.05) is 46.3 Å². The van der Waals surface area contributed by atoms with Crippen molar-refractivity contribution in [2.75, 3.05) is 23.0 Å². The van der Waals surface area contributed by atoms with Crippen LogP contribution in [-0.2, 0) is 33.2 Å². The Morgan fingerprint density at radius 1 is 0.892 bits per heavy atom. The van der Waals surface area contributed by atoms with Gasteiger partial charge in [0, 0.05) is 34.0 Å². The largest absolute Gasteiger partial charge is 0.358 e. The smallest absolute Gasteiger partial charge is 0.264 e. The zero-order valence-electron chi connectivity index (χ0n) is 19.7. The van der Waals surface area contributed by atoms with Gasteiger partial charge in [0.25, 0.3) is 20.2 Å². The minimum atomic E-state index is -4.01. The first-order valence-electron chi connectivity index (χ1n) is 11.6. The van der Waals surface area contributed by atoms with Crippen molar-refractivity contribution in [1.82, 2.24) is 0 Å². The van der Waals surface area contributed by atoms with Crippen molar-refractivity contribution < 1.29 is 30.5 Å². The third kappa shape index (κ3) is 7.95. The highest BCUT2D eigenvalue weighted by atomic mass is 35.5. The van der Waals surface area contributed by atoms with E-state index in [-0.39, 0.29) is 16.9 Å². The summed E-state index contributed by atoms with van der Waals surface area (Å²) in [5.74, 6) is -0.556. The molecule has 0 saturated carbocycles. The average molecular weight is 627 g/mol. The number of hydrogen-bond acceptors (Lipinski definition) is 7. The van der Waals surface area contributed by atoms with Gasteiger partial charge in [-0.2, -0.15) is 21.4 Å². The van der Waals surface area contributed by atoms with Crippen LogP contribution in [0.25, 0.3) is 10.2 Å². The third-order valence-corrected chi connectivity index (χ3v) is 10.6. The number of hydrogen-bond donors (Lipinski definition) is 2. The number of thioether (sulfide) groups is 1. The van der Waals surface area contributed by atoms with Gasteiger partial charge in [-0.15, -0.1) is 0 Å². The summed E-state index contributed by atoms with van der Waals surface area (Å²) >= 11 is 16.0. The van der Waals surface area contributed by atoms with E-state index in [2.05, 4.69) is 9.47 Å². The number of benzene rings is 2.